The van der Waals surface area contributed by atoms with Gasteiger partial charge in [-0.15, -0.1) is 10.2 Å². The van der Waals surface area contributed by atoms with Gasteiger partial charge in [0, 0.05) is 37.6 Å². The summed E-state index contributed by atoms with van der Waals surface area (Å²) in [6, 6.07) is 24.7. The molecule has 1 fully saturated rings. The Morgan fingerprint density at radius 3 is 2.34 bits per heavy atom. The van der Waals surface area contributed by atoms with Crippen molar-refractivity contribution in [1.82, 2.24) is 20.5 Å². The number of benzene rings is 3. The van der Waals surface area contributed by atoms with E-state index in [0.29, 0.717) is 5.95 Å². The van der Waals surface area contributed by atoms with Gasteiger partial charge in [-0.1, -0.05) is 36.4 Å². The summed E-state index contributed by atoms with van der Waals surface area (Å²) in [5.74, 6) is 0.498. The third kappa shape index (κ3) is 3.88. The van der Waals surface area contributed by atoms with E-state index < -0.39 is 0 Å². The summed E-state index contributed by atoms with van der Waals surface area (Å²) in [7, 11) is 0. The van der Waals surface area contributed by atoms with Crippen LogP contribution in [-0.2, 0) is 0 Å². The summed E-state index contributed by atoms with van der Waals surface area (Å²) in [6.45, 7) is 4.13. The summed E-state index contributed by atoms with van der Waals surface area (Å²) in [5.41, 5.74) is 6.06. The maximum Gasteiger partial charge on any atom is 0.247 e. The Hall–Kier alpha value is -3.51. The van der Waals surface area contributed by atoms with Gasteiger partial charge in [0.1, 0.15) is 5.52 Å². The summed E-state index contributed by atoms with van der Waals surface area (Å²) >= 11 is 0. The van der Waals surface area contributed by atoms with Crippen molar-refractivity contribution < 1.29 is 0 Å². The molecule has 3 aromatic carbocycles. The normalized spacial score (nSPS) is 14.1. The molecular formula is C23H22N6. The molecule has 1 aliphatic rings. The Labute approximate surface area is 169 Å². The van der Waals surface area contributed by atoms with Crippen LogP contribution in [0.2, 0.25) is 0 Å². The highest BCUT2D eigenvalue weighted by molar-refractivity contribution is 5.81. The fourth-order valence-electron chi connectivity index (χ4n) is 3.61. The van der Waals surface area contributed by atoms with Crippen molar-refractivity contribution in [1.29, 1.82) is 0 Å². The molecule has 0 aliphatic carbocycles. The van der Waals surface area contributed by atoms with Crippen LogP contribution in [0.5, 0.6) is 0 Å². The van der Waals surface area contributed by atoms with E-state index in [1.165, 1.54) is 5.69 Å². The SMILES string of the molecule is c1ccc(-c2ccc3nnc(Nc4ccc(N5CCNCC5)cc4)nc3c2)cc1. The second kappa shape index (κ2) is 7.85. The molecule has 0 amide bonds. The van der Waals surface area contributed by atoms with Gasteiger partial charge >= 0.3 is 0 Å². The molecule has 0 saturated carbocycles. The first-order chi connectivity index (χ1) is 14.3. The summed E-state index contributed by atoms with van der Waals surface area (Å²) in [6.07, 6.45) is 0. The predicted octanol–water partition coefficient (Wildman–Crippen LogP) is 3.85. The molecule has 2 heterocycles. The number of fused-ring (bicyclic) bond motifs is 1. The number of hydrogen-bond donors (Lipinski definition) is 2. The van der Waals surface area contributed by atoms with E-state index in [1.807, 2.05) is 24.3 Å². The minimum atomic E-state index is 0.498. The lowest BCUT2D eigenvalue weighted by atomic mass is 10.1. The molecule has 0 unspecified atom stereocenters. The molecule has 1 aliphatic heterocycles. The van der Waals surface area contributed by atoms with Gasteiger partial charge in [-0.2, -0.15) is 0 Å². The summed E-state index contributed by atoms with van der Waals surface area (Å²) in [5, 5.41) is 15.2. The van der Waals surface area contributed by atoms with Crippen molar-refractivity contribution >= 4 is 28.4 Å². The molecule has 1 saturated heterocycles. The maximum atomic E-state index is 4.67. The average Bonchev–Trinajstić information content (AvgIpc) is 2.80. The van der Waals surface area contributed by atoms with Crippen molar-refractivity contribution in [2.75, 3.05) is 36.4 Å². The molecule has 0 radical (unpaired) electrons. The number of piperazine rings is 1. The van der Waals surface area contributed by atoms with E-state index in [2.05, 4.69) is 79.2 Å². The molecule has 5 rings (SSSR count). The zero-order chi connectivity index (χ0) is 19.5. The lowest BCUT2D eigenvalue weighted by Gasteiger charge is -2.29. The molecule has 0 bridgehead atoms. The van der Waals surface area contributed by atoms with Gasteiger partial charge < -0.3 is 15.5 Å². The second-order valence-electron chi connectivity index (χ2n) is 7.11. The quantitative estimate of drug-likeness (QED) is 0.559. The van der Waals surface area contributed by atoms with E-state index in [-0.39, 0.29) is 0 Å². The minimum absolute atomic E-state index is 0.498. The molecule has 144 valence electrons. The van der Waals surface area contributed by atoms with Crippen LogP contribution in [0.4, 0.5) is 17.3 Å². The largest absolute Gasteiger partial charge is 0.369 e. The van der Waals surface area contributed by atoms with Gasteiger partial charge in [-0.25, -0.2) is 4.98 Å². The lowest BCUT2D eigenvalue weighted by molar-refractivity contribution is 0.589. The third-order valence-electron chi connectivity index (χ3n) is 5.17. The fourth-order valence-corrected chi connectivity index (χ4v) is 3.61. The molecule has 29 heavy (non-hydrogen) atoms. The van der Waals surface area contributed by atoms with Gasteiger partial charge in [0.05, 0.1) is 5.52 Å². The Balaban J connectivity index is 1.37. The van der Waals surface area contributed by atoms with Crippen molar-refractivity contribution in [3.05, 3.63) is 72.8 Å². The number of nitrogens with zero attached hydrogens (tertiary/aromatic N) is 4. The molecule has 0 spiro atoms. The minimum Gasteiger partial charge on any atom is -0.369 e. The number of anilines is 3. The van der Waals surface area contributed by atoms with Gasteiger partial charge in [-0.05, 0) is 47.5 Å². The standard InChI is InChI=1S/C23H22N6/c1-2-4-17(5-3-1)18-6-11-21-22(16-18)26-23(28-27-21)25-19-7-9-20(10-8-19)29-14-12-24-13-15-29/h1-11,16,24H,12-15H2,(H,25,26,28). The number of rotatable bonds is 4. The first-order valence-electron chi connectivity index (χ1n) is 9.88. The van der Waals surface area contributed by atoms with Crippen molar-refractivity contribution in [3.8, 4) is 11.1 Å². The lowest BCUT2D eigenvalue weighted by Crippen LogP contribution is -2.43. The predicted molar refractivity (Wildman–Crippen MR) is 118 cm³/mol. The highest BCUT2D eigenvalue weighted by Gasteiger charge is 2.10. The van der Waals surface area contributed by atoms with Crippen LogP contribution < -0.4 is 15.5 Å². The van der Waals surface area contributed by atoms with Crippen LogP contribution >= 0.6 is 0 Å². The van der Waals surface area contributed by atoms with Crippen LogP contribution in [0, 0.1) is 0 Å². The highest BCUT2D eigenvalue weighted by atomic mass is 15.2. The number of aromatic nitrogens is 3. The van der Waals surface area contributed by atoms with Crippen LogP contribution in [0.1, 0.15) is 0 Å². The monoisotopic (exact) mass is 382 g/mol. The van der Waals surface area contributed by atoms with Crippen molar-refractivity contribution in [3.63, 3.8) is 0 Å². The van der Waals surface area contributed by atoms with Crippen LogP contribution in [0.25, 0.3) is 22.2 Å². The number of hydrogen-bond acceptors (Lipinski definition) is 6. The van der Waals surface area contributed by atoms with Crippen LogP contribution in [-0.4, -0.2) is 41.4 Å². The zero-order valence-corrected chi connectivity index (χ0v) is 16.0. The first-order valence-corrected chi connectivity index (χ1v) is 9.88. The Morgan fingerprint density at radius 2 is 1.55 bits per heavy atom. The summed E-state index contributed by atoms with van der Waals surface area (Å²) in [4.78, 5) is 7.05. The van der Waals surface area contributed by atoms with E-state index >= 15 is 0 Å². The topological polar surface area (TPSA) is 66.0 Å². The summed E-state index contributed by atoms with van der Waals surface area (Å²) < 4.78 is 0. The molecule has 2 N–H and O–H groups in total. The Bertz CT molecular complexity index is 1110. The molecule has 4 aromatic rings. The van der Waals surface area contributed by atoms with E-state index in [9.17, 15) is 0 Å². The second-order valence-corrected chi connectivity index (χ2v) is 7.11. The fraction of sp³-hybridized carbons (Fsp3) is 0.174. The van der Waals surface area contributed by atoms with Gasteiger partial charge in [0.25, 0.3) is 0 Å². The zero-order valence-electron chi connectivity index (χ0n) is 16.0. The highest BCUT2D eigenvalue weighted by Crippen LogP contribution is 2.24. The third-order valence-corrected chi connectivity index (χ3v) is 5.17. The van der Waals surface area contributed by atoms with E-state index in [4.69, 9.17) is 0 Å². The van der Waals surface area contributed by atoms with E-state index in [1.54, 1.807) is 0 Å². The van der Waals surface area contributed by atoms with Gasteiger partial charge in [-0.3, -0.25) is 0 Å². The number of nitrogens with one attached hydrogen (secondary N) is 2. The Kier molecular flexibility index (Phi) is 4.76. The average molecular weight is 382 g/mol. The molecule has 0 atom stereocenters. The molecule has 6 nitrogen and oxygen atoms in total. The maximum absolute atomic E-state index is 4.67. The van der Waals surface area contributed by atoms with Crippen molar-refractivity contribution in [2.24, 2.45) is 0 Å². The van der Waals surface area contributed by atoms with Crippen molar-refractivity contribution in [2.45, 2.75) is 0 Å². The van der Waals surface area contributed by atoms with Crippen LogP contribution in [0.3, 0.4) is 0 Å². The van der Waals surface area contributed by atoms with Gasteiger partial charge in [0.2, 0.25) is 5.95 Å². The molecular weight excluding hydrogens is 360 g/mol. The Morgan fingerprint density at radius 1 is 0.759 bits per heavy atom. The smallest absolute Gasteiger partial charge is 0.247 e. The van der Waals surface area contributed by atoms with Gasteiger partial charge in [0.15, 0.2) is 0 Å². The molecule has 1 aromatic heterocycles. The molecule has 6 heteroatoms. The van der Waals surface area contributed by atoms with E-state index in [0.717, 1.165) is 54.0 Å². The first kappa shape index (κ1) is 17.6. The van der Waals surface area contributed by atoms with Crippen LogP contribution in [0.15, 0.2) is 72.8 Å².